The van der Waals surface area contributed by atoms with Gasteiger partial charge in [0.2, 0.25) is 10.0 Å². The summed E-state index contributed by atoms with van der Waals surface area (Å²) in [4.78, 5) is 1.47. The average Bonchev–Trinajstić information content (AvgIpc) is 3.22. The Balaban J connectivity index is 1.86. The zero-order chi connectivity index (χ0) is 15.6. The van der Waals surface area contributed by atoms with Crippen LogP contribution in [0.2, 0.25) is 0 Å². The van der Waals surface area contributed by atoms with Gasteiger partial charge in [-0.3, -0.25) is 0 Å². The van der Waals surface area contributed by atoms with E-state index >= 15 is 0 Å². The van der Waals surface area contributed by atoms with Gasteiger partial charge in [-0.05, 0) is 42.8 Å². The van der Waals surface area contributed by atoms with Gasteiger partial charge in [0.15, 0.2) is 0 Å². The minimum atomic E-state index is -3.52. The fourth-order valence-electron chi connectivity index (χ4n) is 2.49. The molecule has 4 nitrogen and oxygen atoms in total. The first-order valence-electron chi connectivity index (χ1n) is 7.30. The highest BCUT2D eigenvalue weighted by Crippen LogP contribution is 2.35. The Morgan fingerprint density at radius 2 is 2.00 bits per heavy atom. The zero-order valence-electron chi connectivity index (χ0n) is 12.4. The van der Waals surface area contributed by atoms with Crippen molar-refractivity contribution in [2.45, 2.75) is 30.2 Å². The predicted octanol–water partition coefficient (Wildman–Crippen LogP) is 3.15. The number of hydrogen-bond acceptors (Lipinski definition) is 4. The van der Waals surface area contributed by atoms with Gasteiger partial charge in [-0.2, -0.15) is 4.31 Å². The maximum Gasteiger partial charge on any atom is 0.247 e. The first kappa shape index (κ1) is 15.5. The molecule has 0 aliphatic heterocycles. The highest BCUT2D eigenvalue weighted by atomic mass is 32.2. The molecule has 1 fully saturated rings. The fourth-order valence-corrected chi connectivity index (χ4v) is 5.04. The third kappa shape index (κ3) is 3.19. The summed E-state index contributed by atoms with van der Waals surface area (Å²) in [5, 5.41) is 2.02. The Kier molecular flexibility index (Phi) is 4.52. The molecular weight excluding hydrogens is 318 g/mol. The molecule has 22 heavy (non-hydrogen) atoms. The molecule has 1 aliphatic rings. The van der Waals surface area contributed by atoms with Crippen LogP contribution in [0.25, 0.3) is 0 Å². The third-order valence-electron chi connectivity index (χ3n) is 3.77. The van der Waals surface area contributed by atoms with E-state index in [0.29, 0.717) is 12.3 Å². The summed E-state index contributed by atoms with van der Waals surface area (Å²) < 4.78 is 32.9. The maximum absolute atomic E-state index is 13.0. The summed E-state index contributed by atoms with van der Waals surface area (Å²) in [7, 11) is -2.02. The first-order valence-corrected chi connectivity index (χ1v) is 9.62. The molecule has 1 heterocycles. The van der Waals surface area contributed by atoms with Crippen molar-refractivity contribution in [3.05, 3.63) is 46.7 Å². The molecule has 3 rings (SSSR count). The number of sulfonamides is 1. The van der Waals surface area contributed by atoms with Gasteiger partial charge in [0.05, 0.1) is 7.11 Å². The van der Waals surface area contributed by atoms with Crippen molar-refractivity contribution in [1.29, 1.82) is 0 Å². The summed E-state index contributed by atoms with van der Waals surface area (Å²) in [5.41, 5.74) is 0. The summed E-state index contributed by atoms with van der Waals surface area (Å²) >= 11 is 1.66. The number of methoxy groups -OCH3 is 1. The second-order valence-corrected chi connectivity index (χ2v) is 8.22. The third-order valence-corrected chi connectivity index (χ3v) is 6.70. The van der Waals surface area contributed by atoms with Crippen LogP contribution in [0.5, 0.6) is 5.75 Å². The second kappa shape index (κ2) is 6.40. The Hall–Kier alpha value is -1.37. The summed E-state index contributed by atoms with van der Waals surface area (Å²) in [6.07, 6.45) is 2.64. The minimum Gasteiger partial charge on any atom is -0.495 e. The van der Waals surface area contributed by atoms with E-state index in [2.05, 4.69) is 0 Å². The molecule has 2 aromatic rings. The Bertz CT molecular complexity index is 722. The topological polar surface area (TPSA) is 46.6 Å². The number of hydrogen-bond donors (Lipinski definition) is 0. The number of ether oxygens (including phenoxy) is 1. The SMILES string of the molecule is COc1ccccc1S(=O)(=O)N(CCc1cccs1)C1CC1. The highest BCUT2D eigenvalue weighted by Gasteiger charge is 2.38. The lowest BCUT2D eigenvalue weighted by molar-refractivity contribution is 0.386. The maximum atomic E-state index is 13.0. The lowest BCUT2D eigenvalue weighted by atomic mass is 10.3. The smallest absolute Gasteiger partial charge is 0.247 e. The van der Waals surface area contributed by atoms with Crippen LogP contribution in [0.15, 0.2) is 46.7 Å². The zero-order valence-corrected chi connectivity index (χ0v) is 14.1. The molecule has 0 amide bonds. The molecule has 6 heteroatoms. The van der Waals surface area contributed by atoms with E-state index in [1.54, 1.807) is 39.9 Å². The van der Waals surface area contributed by atoms with Crippen LogP contribution in [0.4, 0.5) is 0 Å². The van der Waals surface area contributed by atoms with Crippen LogP contribution >= 0.6 is 11.3 Å². The number of benzene rings is 1. The molecule has 0 unspecified atom stereocenters. The molecule has 0 radical (unpaired) electrons. The average molecular weight is 337 g/mol. The summed E-state index contributed by atoms with van der Waals surface area (Å²) in [5.74, 6) is 0.407. The predicted molar refractivity (Wildman–Crippen MR) is 87.9 cm³/mol. The van der Waals surface area contributed by atoms with Gasteiger partial charge in [-0.15, -0.1) is 11.3 Å². The van der Waals surface area contributed by atoms with E-state index in [0.717, 1.165) is 19.3 Å². The Morgan fingerprint density at radius 1 is 1.23 bits per heavy atom. The largest absolute Gasteiger partial charge is 0.495 e. The summed E-state index contributed by atoms with van der Waals surface area (Å²) in [6.45, 7) is 0.519. The van der Waals surface area contributed by atoms with E-state index in [9.17, 15) is 8.42 Å². The fraction of sp³-hybridized carbons (Fsp3) is 0.375. The van der Waals surface area contributed by atoms with Gasteiger partial charge >= 0.3 is 0 Å². The molecule has 1 saturated carbocycles. The van der Waals surface area contributed by atoms with Crippen molar-refractivity contribution >= 4 is 21.4 Å². The summed E-state index contributed by atoms with van der Waals surface area (Å²) in [6, 6.07) is 11.0. The molecule has 0 spiro atoms. The van der Waals surface area contributed by atoms with E-state index < -0.39 is 10.0 Å². The van der Waals surface area contributed by atoms with Crippen molar-refractivity contribution in [3.8, 4) is 5.75 Å². The number of para-hydroxylation sites is 1. The number of thiophene rings is 1. The molecule has 0 N–H and O–H groups in total. The van der Waals surface area contributed by atoms with Crippen molar-refractivity contribution in [1.82, 2.24) is 4.31 Å². The van der Waals surface area contributed by atoms with E-state index in [1.807, 2.05) is 17.5 Å². The lowest BCUT2D eigenvalue weighted by Gasteiger charge is -2.22. The van der Waals surface area contributed by atoms with Crippen LogP contribution in [0.1, 0.15) is 17.7 Å². The monoisotopic (exact) mass is 337 g/mol. The van der Waals surface area contributed by atoms with Crippen LogP contribution in [0, 0.1) is 0 Å². The molecule has 1 aromatic heterocycles. The molecule has 0 atom stereocenters. The standard InChI is InChI=1S/C16H19NO3S2/c1-20-15-6-2-3-7-16(15)22(18,19)17(13-8-9-13)11-10-14-5-4-12-21-14/h2-7,12-13H,8-11H2,1H3. The second-order valence-electron chi connectivity index (χ2n) is 5.33. The number of rotatable bonds is 7. The lowest BCUT2D eigenvalue weighted by Crippen LogP contribution is -2.35. The van der Waals surface area contributed by atoms with Gasteiger partial charge in [0, 0.05) is 17.5 Å². The Morgan fingerprint density at radius 3 is 2.64 bits per heavy atom. The van der Waals surface area contributed by atoms with E-state index in [-0.39, 0.29) is 10.9 Å². The van der Waals surface area contributed by atoms with Gasteiger partial charge < -0.3 is 4.74 Å². The normalized spacial score (nSPS) is 15.2. The molecular formula is C16H19NO3S2. The van der Waals surface area contributed by atoms with Crippen molar-refractivity contribution < 1.29 is 13.2 Å². The van der Waals surface area contributed by atoms with Crippen molar-refractivity contribution in [3.63, 3.8) is 0 Å². The Labute approximate surface area is 135 Å². The van der Waals surface area contributed by atoms with Crippen LogP contribution in [0.3, 0.4) is 0 Å². The van der Waals surface area contributed by atoms with Gasteiger partial charge in [-0.1, -0.05) is 18.2 Å². The van der Waals surface area contributed by atoms with E-state index in [4.69, 9.17) is 4.74 Å². The van der Waals surface area contributed by atoms with Gasteiger partial charge in [-0.25, -0.2) is 8.42 Å². The van der Waals surface area contributed by atoms with Crippen molar-refractivity contribution in [2.75, 3.05) is 13.7 Å². The molecule has 1 aromatic carbocycles. The van der Waals surface area contributed by atoms with Crippen LogP contribution in [-0.2, 0) is 16.4 Å². The first-order chi connectivity index (χ1) is 10.6. The molecule has 118 valence electrons. The number of nitrogens with zero attached hydrogens (tertiary/aromatic N) is 1. The highest BCUT2D eigenvalue weighted by molar-refractivity contribution is 7.89. The van der Waals surface area contributed by atoms with Gasteiger partial charge in [0.1, 0.15) is 10.6 Å². The van der Waals surface area contributed by atoms with Crippen LogP contribution < -0.4 is 4.74 Å². The molecule has 1 aliphatic carbocycles. The van der Waals surface area contributed by atoms with Gasteiger partial charge in [0.25, 0.3) is 0 Å². The van der Waals surface area contributed by atoms with Crippen molar-refractivity contribution in [2.24, 2.45) is 0 Å². The quantitative estimate of drug-likeness (QED) is 0.780. The molecule has 0 saturated heterocycles. The molecule has 0 bridgehead atoms. The van der Waals surface area contributed by atoms with Crippen LogP contribution in [-0.4, -0.2) is 32.4 Å². The van der Waals surface area contributed by atoms with E-state index in [1.165, 1.54) is 12.0 Å². The minimum absolute atomic E-state index is 0.134.